The highest BCUT2D eigenvalue weighted by atomic mass is 35.5. The van der Waals surface area contributed by atoms with Gasteiger partial charge in [0.1, 0.15) is 0 Å². The number of aromatic nitrogens is 1. The lowest BCUT2D eigenvalue weighted by Gasteiger charge is -2.16. The fourth-order valence-electron chi connectivity index (χ4n) is 2.92. The van der Waals surface area contributed by atoms with Gasteiger partial charge in [-0.05, 0) is 37.3 Å². The van der Waals surface area contributed by atoms with E-state index in [4.69, 9.17) is 49.3 Å². The van der Waals surface area contributed by atoms with Crippen LogP contribution in [0, 0.1) is 0 Å². The average molecular weight is 451 g/mol. The standard InChI is InChI=1S/C22H18Cl3NO3/c1-3-29-22(27)18-11-17(16-9-8-15(24)10-19(16)25)21(26-20(18)12-28-2)13-4-6-14(23)7-5-13/h4-11H,3,12H2,1-2H3. The summed E-state index contributed by atoms with van der Waals surface area (Å²) in [5, 5.41) is 1.57. The van der Waals surface area contributed by atoms with E-state index in [2.05, 4.69) is 0 Å². The largest absolute Gasteiger partial charge is 0.462 e. The topological polar surface area (TPSA) is 48.4 Å². The fourth-order valence-corrected chi connectivity index (χ4v) is 3.56. The van der Waals surface area contributed by atoms with Crippen LogP contribution in [0.3, 0.4) is 0 Å². The summed E-state index contributed by atoms with van der Waals surface area (Å²) >= 11 is 18.6. The molecule has 29 heavy (non-hydrogen) atoms. The number of nitrogens with zero attached hydrogens (tertiary/aromatic N) is 1. The Bertz CT molecular complexity index is 1040. The number of carbonyl (C=O) groups is 1. The van der Waals surface area contributed by atoms with Crippen molar-refractivity contribution in [3.8, 4) is 22.4 Å². The van der Waals surface area contributed by atoms with Crippen LogP contribution in [0.15, 0.2) is 48.5 Å². The van der Waals surface area contributed by atoms with Crippen LogP contribution >= 0.6 is 34.8 Å². The minimum atomic E-state index is -0.471. The van der Waals surface area contributed by atoms with Crippen LogP contribution in [0.4, 0.5) is 0 Å². The van der Waals surface area contributed by atoms with Gasteiger partial charge in [-0.3, -0.25) is 0 Å². The van der Waals surface area contributed by atoms with Gasteiger partial charge in [-0.1, -0.05) is 53.0 Å². The summed E-state index contributed by atoms with van der Waals surface area (Å²) < 4.78 is 10.5. The van der Waals surface area contributed by atoms with Crippen molar-refractivity contribution < 1.29 is 14.3 Å². The van der Waals surface area contributed by atoms with Crippen molar-refractivity contribution in [1.29, 1.82) is 0 Å². The Kier molecular flexibility index (Phi) is 7.14. The average Bonchev–Trinajstić information content (AvgIpc) is 2.69. The molecule has 150 valence electrons. The number of esters is 1. The third kappa shape index (κ3) is 4.90. The van der Waals surface area contributed by atoms with Gasteiger partial charge < -0.3 is 9.47 Å². The monoisotopic (exact) mass is 449 g/mol. The van der Waals surface area contributed by atoms with E-state index in [1.54, 1.807) is 50.4 Å². The molecule has 7 heteroatoms. The highest BCUT2D eigenvalue weighted by Gasteiger charge is 2.21. The number of methoxy groups -OCH3 is 1. The highest BCUT2D eigenvalue weighted by Crippen LogP contribution is 2.38. The van der Waals surface area contributed by atoms with E-state index in [1.807, 2.05) is 12.1 Å². The molecule has 2 aromatic carbocycles. The Labute approximate surface area is 184 Å². The van der Waals surface area contributed by atoms with E-state index in [1.165, 1.54) is 0 Å². The number of carbonyl (C=O) groups excluding carboxylic acids is 1. The molecule has 0 unspecified atom stereocenters. The molecule has 0 radical (unpaired) electrons. The molecule has 0 aliphatic rings. The summed E-state index contributed by atoms with van der Waals surface area (Å²) in [6, 6.07) is 14.2. The van der Waals surface area contributed by atoms with Crippen LogP contribution in [-0.4, -0.2) is 24.7 Å². The SMILES string of the molecule is CCOC(=O)c1cc(-c2ccc(Cl)cc2Cl)c(-c2ccc(Cl)cc2)nc1COC. The van der Waals surface area contributed by atoms with Gasteiger partial charge in [-0.2, -0.15) is 0 Å². The van der Waals surface area contributed by atoms with E-state index in [0.717, 1.165) is 5.56 Å². The number of rotatable bonds is 6. The van der Waals surface area contributed by atoms with Crippen LogP contribution < -0.4 is 0 Å². The Balaban J connectivity index is 2.30. The second-order valence-corrected chi connectivity index (χ2v) is 7.44. The Morgan fingerprint density at radius 1 is 0.966 bits per heavy atom. The van der Waals surface area contributed by atoms with E-state index in [-0.39, 0.29) is 13.2 Å². The lowest BCUT2D eigenvalue weighted by atomic mass is 9.96. The molecular weight excluding hydrogens is 433 g/mol. The van der Waals surface area contributed by atoms with Crippen LogP contribution in [-0.2, 0) is 16.1 Å². The van der Waals surface area contributed by atoms with Gasteiger partial charge in [-0.15, -0.1) is 0 Å². The zero-order valence-corrected chi connectivity index (χ0v) is 18.1. The molecule has 3 rings (SSSR count). The zero-order valence-electron chi connectivity index (χ0n) is 15.8. The van der Waals surface area contributed by atoms with Crippen molar-refractivity contribution in [1.82, 2.24) is 4.98 Å². The maximum absolute atomic E-state index is 12.6. The lowest BCUT2D eigenvalue weighted by Crippen LogP contribution is -2.12. The van der Waals surface area contributed by atoms with Gasteiger partial charge in [-0.25, -0.2) is 9.78 Å². The maximum atomic E-state index is 12.6. The molecule has 4 nitrogen and oxygen atoms in total. The molecule has 0 bridgehead atoms. The summed E-state index contributed by atoms with van der Waals surface area (Å²) in [4.78, 5) is 17.3. The molecule has 0 amide bonds. The Morgan fingerprint density at radius 3 is 2.28 bits per heavy atom. The minimum absolute atomic E-state index is 0.156. The van der Waals surface area contributed by atoms with Gasteiger partial charge in [0.15, 0.2) is 0 Å². The predicted octanol–water partition coefficient (Wildman–Crippen LogP) is 6.70. The molecule has 1 heterocycles. The summed E-state index contributed by atoms with van der Waals surface area (Å²) in [5.74, 6) is -0.471. The Morgan fingerprint density at radius 2 is 1.66 bits per heavy atom. The molecule has 0 atom stereocenters. The van der Waals surface area contributed by atoms with E-state index in [9.17, 15) is 4.79 Å². The van der Waals surface area contributed by atoms with Gasteiger partial charge in [0.05, 0.1) is 30.2 Å². The smallest absolute Gasteiger partial charge is 0.340 e. The number of hydrogen-bond donors (Lipinski definition) is 0. The first-order chi connectivity index (χ1) is 13.9. The second kappa shape index (κ2) is 9.59. The normalized spacial score (nSPS) is 10.8. The van der Waals surface area contributed by atoms with E-state index in [0.29, 0.717) is 43.1 Å². The number of hydrogen-bond acceptors (Lipinski definition) is 4. The summed E-state index contributed by atoms with van der Waals surface area (Å²) in [7, 11) is 1.54. The van der Waals surface area contributed by atoms with E-state index >= 15 is 0 Å². The maximum Gasteiger partial charge on any atom is 0.340 e. The fraction of sp³-hybridized carbons (Fsp3) is 0.182. The second-order valence-electron chi connectivity index (χ2n) is 6.16. The molecule has 0 saturated heterocycles. The van der Waals surface area contributed by atoms with Crippen molar-refractivity contribution in [2.75, 3.05) is 13.7 Å². The molecule has 3 aromatic rings. The summed E-state index contributed by atoms with van der Waals surface area (Å²) in [6.07, 6.45) is 0. The molecule has 0 fully saturated rings. The zero-order chi connectivity index (χ0) is 21.0. The first kappa shape index (κ1) is 21.6. The first-order valence-corrected chi connectivity index (χ1v) is 9.99. The van der Waals surface area contributed by atoms with Crippen LogP contribution in [0.5, 0.6) is 0 Å². The Hall–Kier alpha value is -2.11. The molecule has 0 spiro atoms. The van der Waals surface area contributed by atoms with Crippen molar-refractivity contribution in [2.24, 2.45) is 0 Å². The quantitative estimate of drug-likeness (QED) is 0.392. The number of halogens is 3. The van der Waals surface area contributed by atoms with Crippen molar-refractivity contribution in [3.05, 3.63) is 74.9 Å². The van der Waals surface area contributed by atoms with Crippen LogP contribution in [0.2, 0.25) is 15.1 Å². The van der Waals surface area contributed by atoms with Crippen molar-refractivity contribution in [2.45, 2.75) is 13.5 Å². The molecule has 0 aliphatic carbocycles. The number of ether oxygens (including phenoxy) is 2. The molecule has 0 N–H and O–H groups in total. The van der Waals surface area contributed by atoms with Crippen LogP contribution in [0.1, 0.15) is 23.0 Å². The van der Waals surface area contributed by atoms with Gasteiger partial charge in [0, 0.05) is 38.9 Å². The molecular formula is C22H18Cl3NO3. The highest BCUT2D eigenvalue weighted by molar-refractivity contribution is 6.36. The summed E-state index contributed by atoms with van der Waals surface area (Å²) in [6.45, 7) is 2.16. The summed E-state index contributed by atoms with van der Waals surface area (Å²) in [5.41, 5.74) is 3.64. The van der Waals surface area contributed by atoms with E-state index < -0.39 is 5.97 Å². The molecule has 0 saturated carbocycles. The van der Waals surface area contributed by atoms with Crippen LogP contribution in [0.25, 0.3) is 22.4 Å². The molecule has 0 aliphatic heterocycles. The third-order valence-corrected chi connectivity index (χ3v) is 5.02. The number of pyridine rings is 1. The third-order valence-electron chi connectivity index (χ3n) is 4.22. The van der Waals surface area contributed by atoms with Crippen molar-refractivity contribution >= 4 is 40.8 Å². The van der Waals surface area contributed by atoms with Crippen molar-refractivity contribution in [3.63, 3.8) is 0 Å². The number of benzene rings is 2. The van der Waals surface area contributed by atoms with Gasteiger partial charge in [0.25, 0.3) is 0 Å². The van der Waals surface area contributed by atoms with Gasteiger partial charge >= 0.3 is 5.97 Å². The predicted molar refractivity (Wildman–Crippen MR) is 117 cm³/mol. The first-order valence-electron chi connectivity index (χ1n) is 8.86. The molecule has 1 aromatic heterocycles. The minimum Gasteiger partial charge on any atom is -0.462 e. The van der Waals surface area contributed by atoms with Gasteiger partial charge in [0.2, 0.25) is 0 Å². The lowest BCUT2D eigenvalue weighted by molar-refractivity contribution is 0.0520.